The van der Waals surface area contributed by atoms with Crippen molar-refractivity contribution in [3.8, 4) is 0 Å². The summed E-state index contributed by atoms with van der Waals surface area (Å²) in [5.74, 6) is -0.636. The number of carbonyl (C=O) groups is 2. The van der Waals surface area contributed by atoms with E-state index in [-0.39, 0.29) is 40.7 Å². The Balaban J connectivity index is 1.40. The Morgan fingerprint density at radius 1 is 1.22 bits per heavy atom. The van der Waals surface area contributed by atoms with Crippen molar-refractivity contribution in [2.75, 3.05) is 0 Å². The molecule has 0 radical (unpaired) electrons. The molecule has 37 heavy (non-hydrogen) atoms. The van der Waals surface area contributed by atoms with Gasteiger partial charge in [-0.15, -0.1) is 5.10 Å². The number of aromatic carboxylic acids is 1. The topological polar surface area (TPSA) is 127 Å². The van der Waals surface area contributed by atoms with Gasteiger partial charge in [0, 0.05) is 24.2 Å². The molecule has 5 rings (SSSR count). The first-order chi connectivity index (χ1) is 17.6. The Hall–Kier alpha value is -3.46. The summed E-state index contributed by atoms with van der Waals surface area (Å²) < 4.78 is 7.80. The van der Waals surface area contributed by atoms with Crippen molar-refractivity contribution in [2.24, 2.45) is 5.92 Å². The van der Waals surface area contributed by atoms with Crippen LogP contribution in [-0.2, 0) is 22.4 Å². The first-order valence-electron chi connectivity index (χ1n) is 12.5. The molecule has 0 spiro atoms. The molecule has 10 heteroatoms. The quantitative estimate of drug-likeness (QED) is 0.415. The van der Waals surface area contributed by atoms with Gasteiger partial charge >= 0.3 is 11.9 Å². The minimum atomic E-state index is -1.08. The second kappa shape index (κ2) is 9.78. The van der Waals surface area contributed by atoms with Gasteiger partial charge in [0.25, 0.3) is 5.78 Å². The van der Waals surface area contributed by atoms with Crippen LogP contribution < -0.4 is 0 Å². The third-order valence-electron chi connectivity index (χ3n) is 7.55. The molecule has 2 N–H and O–H groups in total. The molecule has 1 atom stereocenters. The van der Waals surface area contributed by atoms with Crippen LogP contribution >= 0.6 is 11.6 Å². The predicted octanol–water partition coefficient (Wildman–Crippen LogP) is 4.96. The molecule has 9 nitrogen and oxygen atoms in total. The lowest BCUT2D eigenvalue weighted by Crippen LogP contribution is -2.46. The molecule has 0 amide bonds. The van der Waals surface area contributed by atoms with E-state index in [1.165, 1.54) is 6.07 Å². The highest BCUT2D eigenvalue weighted by Crippen LogP contribution is 2.46. The normalized spacial score (nSPS) is 20.6. The molecule has 194 valence electrons. The van der Waals surface area contributed by atoms with Gasteiger partial charge in [0.1, 0.15) is 11.4 Å². The number of esters is 1. The number of aryl methyl sites for hydroxylation is 3. The number of cyclic esters (lactones) is 1. The number of nitrogens with zero attached hydrogens (tertiary/aromatic N) is 4. The minimum absolute atomic E-state index is 0.0159. The van der Waals surface area contributed by atoms with E-state index in [1.807, 2.05) is 19.9 Å². The van der Waals surface area contributed by atoms with Gasteiger partial charge < -0.3 is 14.9 Å². The lowest BCUT2D eigenvalue weighted by atomic mass is 9.76. The SMILES string of the molecule is Cc1cc(C)n2nc(CC3=C(O)CC(CCc4ccc(C(=O)O)c(Cl)c4)(C4CCCC4)OC3=O)nc2n1. The summed E-state index contributed by atoms with van der Waals surface area (Å²) in [6, 6.07) is 6.77. The number of rotatable bonds is 7. The molecular formula is C27H29ClN4O5. The summed E-state index contributed by atoms with van der Waals surface area (Å²) in [6.07, 6.45) is 5.26. The van der Waals surface area contributed by atoms with E-state index in [4.69, 9.17) is 16.3 Å². The van der Waals surface area contributed by atoms with Crippen LogP contribution in [0.15, 0.2) is 35.6 Å². The molecule has 0 saturated heterocycles. The molecule has 0 bridgehead atoms. The zero-order valence-corrected chi connectivity index (χ0v) is 21.6. The van der Waals surface area contributed by atoms with Crippen LogP contribution in [0.25, 0.3) is 5.78 Å². The predicted molar refractivity (Wildman–Crippen MR) is 136 cm³/mol. The van der Waals surface area contributed by atoms with E-state index < -0.39 is 17.5 Å². The van der Waals surface area contributed by atoms with Gasteiger partial charge in [0.05, 0.1) is 16.2 Å². The Morgan fingerprint density at radius 3 is 2.65 bits per heavy atom. The fourth-order valence-corrected chi connectivity index (χ4v) is 5.96. The van der Waals surface area contributed by atoms with Crippen molar-refractivity contribution in [1.82, 2.24) is 19.6 Å². The van der Waals surface area contributed by atoms with Crippen LogP contribution in [-0.4, -0.2) is 47.3 Å². The number of ether oxygens (including phenoxy) is 1. The number of hydrogen-bond donors (Lipinski definition) is 2. The van der Waals surface area contributed by atoms with Crippen molar-refractivity contribution in [3.05, 3.63) is 69.0 Å². The van der Waals surface area contributed by atoms with Crippen molar-refractivity contribution in [3.63, 3.8) is 0 Å². The van der Waals surface area contributed by atoms with Gasteiger partial charge in [-0.2, -0.15) is 4.98 Å². The van der Waals surface area contributed by atoms with Gasteiger partial charge in [-0.05, 0) is 69.2 Å². The maximum atomic E-state index is 13.3. The largest absolute Gasteiger partial charge is 0.512 e. The number of carboxylic acid groups (broad SMARTS) is 1. The first kappa shape index (κ1) is 25.2. The molecule has 2 aromatic heterocycles. The first-order valence-corrected chi connectivity index (χ1v) is 12.9. The van der Waals surface area contributed by atoms with Crippen molar-refractivity contribution in [2.45, 2.75) is 70.8 Å². The number of carboxylic acids is 1. The standard InChI is InChI=1S/C27H29ClN4O5/c1-15-11-16(2)32-26(29-15)30-23(31-32)13-20-22(33)14-27(37-25(20)36,18-5-3-4-6-18)10-9-17-7-8-19(24(34)35)21(28)12-17/h7-8,11-12,18,33H,3-6,9-10,13-14H2,1-2H3,(H,34,35). The highest BCUT2D eigenvalue weighted by Gasteiger charge is 2.48. The summed E-state index contributed by atoms with van der Waals surface area (Å²) in [7, 11) is 0. The number of halogens is 1. The van der Waals surface area contributed by atoms with Gasteiger partial charge in [0.2, 0.25) is 0 Å². The van der Waals surface area contributed by atoms with Crippen LogP contribution in [0.5, 0.6) is 0 Å². The van der Waals surface area contributed by atoms with E-state index >= 15 is 0 Å². The van der Waals surface area contributed by atoms with Crippen LogP contribution in [0.1, 0.15) is 71.7 Å². The number of carbonyl (C=O) groups excluding carboxylic acids is 1. The smallest absolute Gasteiger partial charge is 0.338 e. The molecule has 3 aromatic rings. The molecule has 1 fully saturated rings. The highest BCUT2D eigenvalue weighted by molar-refractivity contribution is 6.33. The second-order valence-corrected chi connectivity index (χ2v) is 10.5. The molecule has 1 aliphatic carbocycles. The molecule has 1 saturated carbocycles. The maximum absolute atomic E-state index is 13.3. The van der Waals surface area contributed by atoms with Gasteiger partial charge in [-0.1, -0.05) is 30.5 Å². The van der Waals surface area contributed by atoms with Gasteiger partial charge in [-0.3, -0.25) is 0 Å². The second-order valence-electron chi connectivity index (χ2n) is 10.1. The summed E-state index contributed by atoms with van der Waals surface area (Å²) in [5, 5.41) is 25.0. The fraction of sp³-hybridized carbons (Fsp3) is 0.444. The fourth-order valence-electron chi connectivity index (χ4n) is 5.67. The van der Waals surface area contributed by atoms with E-state index in [0.29, 0.717) is 24.4 Å². The Kier molecular flexibility index (Phi) is 6.66. The average molecular weight is 525 g/mol. The third kappa shape index (κ3) is 4.92. The number of aliphatic hydroxyl groups excluding tert-OH is 1. The molecule has 2 aliphatic rings. The van der Waals surface area contributed by atoms with Crippen molar-refractivity contribution in [1.29, 1.82) is 0 Å². The molecule has 1 aliphatic heterocycles. The average Bonchev–Trinajstić information content (AvgIpc) is 3.51. The number of hydrogen-bond acceptors (Lipinski definition) is 7. The van der Waals surface area contributed by atoms with Crippen molar-refractivity contribution < 1.29 is 24.5 Å². The zero-order chi connectivity index (χ0) is 26.3. The molecular weight excluding hydrogens is 496 g/mol. The minimum Gasteiger partial charge on any atom is -0.512 e. The third-order valence-corrected chi connectivity index (χ3v) is 7.87. The Labute approximate surface area is 219 Å². The molecule has 1 aromatic carbocycles. The van der Waals surface area contributed by atoms with Crippen LogP contribution in [0.3, 0.4) is 0 Å². The summed E-state index contributed by atoms with van der Waals surface area (Å²) in [5.41, 5.74) is 1.94. The lowest BCUT2D eigenvalue weighted by molar-refractivity contribution is -0.167. The summed E-state index contributed by atoms with van der Waals surface area (Å²) in [6.45, 7) is 3.79. The van der Waals surface area contributed by atoms with Gasteiger partial charge in [-0.25, -0.2) is 19.1 Å². The molecule has 1 unspecified atom stereocenters. The van der Waals surface area contributed by atoms with E-state index in [1.54, 1.807) is 16.6 Å². The summed E-state index contributed by atoms with van der Waals surface area (Å²) >= 11 is 6.17. The van der Waals surface area contributed by atoms with E-state index in [9.17, 15) is 19.8 Å². The van der Waals surface area contributed by atoms with Crippen LogP contribution in [0.4, 0.5) is 0 Å². The van der Waals surface area contributed by atoms with Gasteiger partial charge in [0.15, 0.2) is 5.82 Å². The monoisotopic (exact) mass is 524 g/mol. The number of benzene rings is 1. The number of aliphatic hydroxyl groups is 1. The highest BCUT2D eigenvalue weighted by atomic mass is 35.5. The Bertz CT molecular complexity index is 1430. The Morgan fingerprint density at radius 2 is 1.97 bits per heavy atom. The number of fused-ring (bicyclic) bond motifs is 1. The molecule has 3 heterocycles. The zero-order valence-electron chi connectivity index (χ0n) is 20.8. The van der Waals surface area contributed by atoms with Crippen LogP contribution in [0, 0.1) is 19.8 Å². The van der Waals surface area contributed by atoms with E-state index in [0.717, 1.165) is 42.6 Å². The van der Waals surface area contributed by atoms with E-state index in [2.05, 4.69) is 15.1 Å². The lowest BCUT2D eigenvalue weighted by Gasteiger charge is -2.41. The van der Waals surface area contributed by atoms with Crippen molar-refractivity contribution >= 4 is 29.3 Å². The maximum Gasteiger partial charge on any atom is 0.338 e. The summed E-state index contributed by atoms with van der Waals surface area (Å²) in [4.78, 5) is 33.4. The number of aromatic nitrogens is 4. The van der Waals surface area contributed by atoms with Crippen LogP contribution in [0.2, 0.25) is 5.02 Å².